The maximum absolute atomic E-state index is 12.0. The summed E-state index contributed by atoms with van der Waals surface area (Å²) >= 11 is 6.21. The average Bonchev–Trinajstić information content (AvgIpc) is 3.40. The first kappa shape index (κ1) is 24.2. The number of rotatable bonds is 7. The molecule has 4 aromatic rings. The minimum atomic E-state index is -1.50. The van der Waals surface area contributed by atoms with Crippen molar-refractivity contribution in [1.82, 2.24) is 10.1 Å². The second-order valence-corrected chi connectivity index (χ2v) is 10.9. The fourth-order valence-corrected chi connectivity index (χ4v) is 6.10. The zero-order valence-electron chi connectivity index (χ0n) is 20.9. The monoisotopic (exact) mass is 516 g/mol. The minimum absolute atomic E-state index is 0.135. The summed E-state index contributed by atoms with van der Waals surface area (Å²) in [5, 5.41) is 17.1. The van der Waals surface area contributed by atoms with Gasteiger partial charge in [-0.05, 0) is 41.8 Å². The number of piperidine rings is 3. The molecular formula is C30H31ClN3O3+. The summed E-state index contributed by atoms with van der Waals surface area (Å²) < 4.78 is 13.1. The lowest BCUT2D eigenvalue weighted by molar-refractivity contribution is -0.959. The van der Waals surface area contributed by atoms with Crippen LogP contribution in [0.15, 0.2) is 83.4 Å². The third-order valence-electron chi connectivity index (χ3n) is 8.10. The van der Waals surface area contributed by atoms with Crippen molar-refractivity contribution in [1.29, 1.82) is 0 Å². The molecule has 7 heteroatoms. The third-order valence-corrected chi connectivity index (χ3v) is 8.53. The predicted octanol–water partition coefficient (Wildman–Crippen LogP) is 5.50. The van der Waals surface area contributed by atoms with E-state index in [4.69, 9.17) is 25.8 Å². The van der Waals surface area contributed by atoms with E-state index in [0.717, 1.165) is 53.3 Å². The molecule has 4 heterocycles. The summed E-state index contributed by atoms with van der Waals surface area (Å²) in [7, 11) is 0. The Labute approximate surface area is 222 Å². The average molecular weight is 517 g/mol. The number of aromatic nitrogens is 2. The molecule has 3 fully saturated rings. The van der Waals surface area contributed by atoms with Crippen LogP contribution < -0.4 is 4.74 Å². The lowest BCUT2D eigenvalue weighted by Gasteiger charge is -2.51. The number of hydrogen-bond acceptors (Lipinski definition) is 5. The Hall–Kier alpha value is -3.19. The van der Waals surface area contributed by atoms with Crippen LogP contribution in [0.3, 0.4) is 0 Å². The molecule has 1 N–H and O–H groups in total. The molecular weight excluding hydrogens is 486 g/mol. The van der Waals surface area contributed by atoms with Gasteiger partial charge in [0, 0.05) is 23.8 Å². The number of aryl methyl sites for hydroxylation is 1. The minimum Gasteiger partial charge on any atom is -0.484 e. The Morgan fingerprint density at radius 1 is 1.00 bits per heavy atom. The highest BCUT2D eigenvalue weighted by Crippen LogP contribution is 2.39. The van der Waals surface area contributed by atoms with Crippen molar-refractivity contribution in [3.05, 3.63) is 112 Å². The van der Waals surface area contributed by atoms with Crippen LogP contribution in [-0.2, 0) is 12.1 Å². The van der Waals surface area contributed by atoms with Crippen LogP contribution in [0.4, 0.5) is 0 Å². The summed E-state index contributed by atoms with van der Waals surface area (Å²) in [5.41, 5.74) is 0.918. The van der Waals surface area contributed by atoms with Crippen molar-refractivity contribution in [3.8, 4) is 5.75 Å². The number of benzene rings is 3. The quantitative estimate of drug-likeness (QED) is 0.328. The number of quaternary nitrogens is 1. The van der Waals surface area contributed by atoms with E-state index in [1.54, 1.807) is 0 Å². The molecule has 1 aromatic heterocycles. The Bertz CT molecular complexity index is 1330. The van der Waals surface area contributed by atoms with E-state index < -0.39 is 5.60 Å². The van der Waals surface area contributed by atoms with E-state index >= 15 is 0 Å². The first-order chi connectivity index (χ1) is 18.0. The van der Waals surface area contributed by atoms with Gasteiger partial charge in [0.15, 0.2) is 18.2 Å². The molecule has 0 radical (unpaired) electrons. The van der Waals surface area contributed by atoms with Crippen LogP contribution in [0, 0.1) is 12.8 Å². The van der Waals surface area contributed by atoms with Crippen molar-refractivity contribution < 1.29 is 18.8 Å². The summed E-state index contributed by atoms with van der Waals surface area (Å²) in [4.78, 5) is 4.77. The molecule has 0 aliphatic carbocycles. The molecule has 3 aliphatic heterocycles. The summed E-state index contributed by atoms with van der Waals surface area (Å²) in [5.74, 6) is 2.22. The summed E-state index contributed by atoms with van der Waals surface area (Å²) in [6.07, 6.45) is 2.35. The zero-order chi connectivity index (χ0) is 25.5. The van der Waals surface area contributed by atoms with Gasteiger partial charge in [0.2, 0.25) is 5.82 Å². The predicted molar refractivity (Wildman–Crippen MR) is 141 cm³/mol. The molecule has 0 unspecified atom stereocenters. The van der Waals surface area contributed by atoms with Gasteiger partial charge in [0.1, 0.15) is 12.3 Å². The van der Waals surface area contributed by atoms with Crippen molar-refractivity contribution in [3.63, 3.8) is 0 Å². The zero-order valence-corrected chi connectivity index (χ0v) is 21.6. The van der Waals surface area contributed by atoms with Crippen LogP contribution in [0.2, 0.25) is 5.02 Å². The second kappa shape index (κ2) is 9.60. The SMILES string of the molecule is Cc1cc(O[C@H]2C[N+]3(Cc4nc(C(O)(c5ccccc5)c5ccccc5)no4)CCC2CC3)ccc1Cl. The lowest BCUT2D eigenvalue weighted by Crippen LogP contribution is -2.64. The van der Waals surface area contributed by atoms with Crippen LogP contribution in [0.1, 0.15) is 41.2 Å². The topological polar surface area (TPSA) is 68.4 Å². The van der Waals surface area contributed by atoms with Crippen molar-refractivity contribution in [2.45, 2.75) is 38.0 Å². The van der Waals surface area contributed by atoms with E-state index in [2.05, 4.69) is 5.16 Å². The Morgan fingerprint density at radius 3 is 2.27 bits per heavy atom. The highest BCUT2D eigenvalue weighted by molar-refractivity contribution is 6.31. The molecule has 2 bridgehead atoms. The first-order valence-electron chi connectivity index (χ1n) is 12.9. The molecule has 3 aliphatic rings. The number of hydrogen-bond donors (Lipinski definition) is 1. The van der Waals surface area contributed by atoms with E-state index in [9.17, 15) is 5.11 Å². The van der Waals surface area contributed by atoms with Crippen LogP contribution >= 0.6 is 11.6 Å². The van der Waals surface area contributed by atoms with Crippen molar-refractivity contribution in [2.75, 3.05) is 19.6 Å². The van der Waals surface area contributed by atoms with Gasteiger partial charge in [-0.25, -0.2) is 0 Å². The fourth-order valence-electron chi connectivity index (χ4n) is 5.98. The van der Waals surface area contributed by atoms with Gasteiger partial charge in [-0.1, -0.05) is 77.4 Å². The van der Waals surface area contributed by atoms with E-state index in [-0.39, 0.29) is 11.9 Å². The van der Waals surface area contributed by atoms with Gasteiger partial charge in [-0.15, -0.1) is 0 Å². The Kier molecular flexibility index (Phi) is 6.27. The normalized spacial score (nSPS) is 23.2. The molecule has 0 amide bonds. The molecule has 0 saturated carbocycles. The summed E-state index contributed by atoms with van der Waals surface area (Å²) in [6, 6.07) is 24.9. The fraction of sp³-hybridized carbons (Fsp3) is 0.333. The van der Waals surface area contributed by atoms with Gasteiger partial charge in [-0.2, -0.15) is 4.98 Å². The van der Waals surface area contributed by atoms with Crippen LogP contribution in [0.25, 0.3) is 0 Å². The number of ether oxygens (including phenoxy) is 1. The highest BCUT2D eigenvalue weighted by Gasteiger charge is 2.48. The van der Waals surface area contributed by atoms with E-state index in [1.807, 2.05) is 85.8 Å². The lowest BCUT2D eigenvalue weighted by atomic mass is 9.83. The maximum Gasteiger partial charge on any atom is 0.282 e. The maximum atomic E-state index is 12.0. The smallest absolute Gasteiger partial charge is 0.282 e. The first-order valence-corrected chi connectivity index (χ1v) is 13.3. The standard InChI is InChI=1S/C30H31ClN3O3/c1-21-18-25(12-13-26(21)31)36-27-19-34(16-14-22(27)15-17-34)20-28-32-29(33-37-28)30(35,23-8-4-2-5-9-23)24-10-6-3-7-11-24/h2-13,18,22,27,35H,14-17,19-20H2,1H3/q+1/t22?,27-,34?/m0/s1. The number of fused-ring (bicyclic) bond motifs is 3. The van der Waals surface area contributed by atoms with E-state index in [1.165, 1.54) is 0 Å². The van der Waals surface area contributed by atoms with Crippen LogP contribution in [0.5, 0.6) is 5.75 Å². The van der Waals surface area contributed by atoms with Crippen molar-refractivity contribution >= 4 is 11.6 Å². The van der Waals surface area contributed by atoms with Gasteiger partial charge in [0.25, 0.3) is 5.89 Å². The van der Waals surface area contributed by atoms with Gasteiger partial charge >= 0.3 is 0 Å². The molecule has 0 spiro atoms. The number of halogens is 1. The number of aliphatic hydroxyl groups is 1. The van der Waals surface area contributed by atoms with Gasteiger partial charge < -0.3 is 18.8 Å². The number of nitrogens with zero attached hydrogens (tertiary/aromatic N) is 3. The molecule has 6 nitrogen and oxygen atoms in total. The molecule has 1 atom stereocenters. The molecule has 3 saturated heterocycles. The molecule has 190 valence electrons. The van der Waals surface area contributed by atoms with Gasteiger partial charge in [0.05, 0.1) is 13.1 Å². The molecule has 3 aromatic carbocycles. The Balaban J connectivity index is 1.25. The third kappa shape index (κ3) is 4.54. The molecule has 7 rings (SSSR count). The van der Waals surface area contributed by atoms with Crippen molar-refractivity contribution in [2.24, 2.45) is 5.92 Å². The largest absolute Gasteiger partial charge is 0.484 e. The Morgan fingerprint density at radius 2 is 1.65 bits per heavy atom. The molecule has 37 heavy (non-hydrogen) atoms. The highest BCUT2D eigenvalue weighted by atomic mass is 35.5. The van der Waals surface area contributed by atoms with E-state index in [0.29, 0.717) is 29.5 Å². The van der Waals surface area contributed by atoms with Gasteiger partial charge in [-0.3, -0.25) is 0 Å². The van der Waals surface area contributed by atoms with Crippen LogP contribution in [-0.4, -0.2) is 45.5 Å². The summed E-state index contributed by atoms with van der Waals surface area (Å²) in [6.45, 7) is 5.64. The second-order valence-electron chi connectivity index (χ2n) is 10.5.